The maximum absolute atomic E-state index is 12.7. The summed E-state index contributed by atoms with van der Waals surface area (Å²) in [6, 6.07) is 6.88. The fourth-order valence-corrected chi connectivity index (χ4v) is 2.49. The lowest BCUT2D eigenvalue weighted by molar-refractivity contribution is -0.123. The first kappa shape index (κ1) is 17.9. The second-order valence-electron chi connectivity index (χ2n) is 6.81. The smallest absolute Gasteiger partial charge is 0.260 e. The molecular formula is C18H18ClN5O2. The van der Waals surface area contributed by atoms with Crippen molar-refractivity contribution in [3.05, 3.63) is 47.2 Å². The first-order valence-electron chi connectivity index (χ1n) is 7.97. The van der Waals surface area contributed by atoms with E-state index in [0.29, 0.717) is 27.4 Å². The third-order valence-electron chi connectivity index (χ3n) is 3.78. The molecule has 2 heterocycles. The second-order valence-corrected chi connectivity index (χ2v) is 7.22. The summed E-state index contributed by atoms with van der Waals surface area (Å²) >= 11 is 6.11. The number of benzene rings is 1. The molecule has 3 aromatic rings. The van der Waals surface area contributed by atoms with E-state index in [1.54, 1.807) is 45.0 Å². The fourth-order valence-electron chi connectivity index (χ4n) is 2.27. The number of halogens is 1. The molecule has 26 heavy (non-hydrogen) atoms. The number of carbonyl (C=O) groups is 2. The number of para-hydroxylation sites is 1. The Kier molecular flexibility index (Phi) is 4.65. The summed E-state index contributed by atoms with van der Waals surface area (Å²) in [6.07, 6.45) is 2.91. The van der Waals surface area contributed by atoms with Gasteiger partial charge in [-0.3, -0.25) is 19.7 Å². The number of nitrogens with zero attached hydrogens (tertiary/aromatic N) is 2. The summed E-state index contributed by atoms with van der Waals surface area (Å²) in [4.78, 5) is 28.9. The zero-order valence-electron chi connectivity index (χ0n) is 14.6. The molecule has 0 aliphatic rings. The van der Waals surface area contributed by atoms with Crippen molar-refractivity contribution < 1.29 is 9.59 Å². The zero-order valence-corrected chi connectivity index (χ0v) is 15.3. The number of H-pyrrole nitrogens is 1. The molecule has 0 saturated carbocycles. The molecule has 0 fully saturated rings. The number of aromatic amines is 1. The van der Waals surface area contributed by atoms with Gasteiger partial charge >= 0.3 is 0 Å². The van der Waals surface area contributed by atoms with Crippen molar-refractivity contribution in [2.24, 2.45) is 5.41 Å². The molecule has 134 valence electrons. The van der Waals surface area contributed by atoms with Crippen molar-refractivity contribution in [1.82, 2.24) is 15.2 Å². The van der Waals surface area contributed by atoms with Crippen LogP contribution in [0.3, 0.4) is 0 Å². The Labute approximate surface area is 155 Å². The third kappa shape index (κ3) is 3.52. The van der Waals surface area contributed by atoms with Gasteiger partial charge in [0.1, 0.15) is 0 Å². The van der Waals surface area contributed by atoms with Gasteiger partial charge in [0.2, 0.25) is 5.91 Å². The Bertz CT molecular complexity index is 991. The quantitative estimate of drug-likeness (QED) is 0.651. The van der Waals surface area contributed by atoms with E-state index >= 15 is 0 Å². The SMILES string of the molecule is CC(C)(C)C(=O)Nc1ccncc1C(=O)Nc1n[nH]c2c(Cl)cccc12. The van der Waals surface area contributed by atoms with Crippen LogP contribution in [0.1, 0.15) is 31.1 Å². The molecule has 0 spiro atoms. The van der Waals surface area contributed by atoms with E-state index in [1.165, 1.54) is 12.4 Å². The monoisotopic (exact) mass is 371 g/mol. The predicted molar refractivity (Wildman–Crippen MR) is 101 cm³/mol. The van der Waals surface area contributed by atoms with Crippen molar-refractivity contribution in [1.29, 1.82) is 0 Å². The Morgan fingerprint density at radius 2 is 1.92 bits per heavy atom. The number of fused-ring (bicyclic) bond motifs is 1. The van der Waals surface area contributed by atoms with E-state index in [2.05, 4.69) is 25.8 Å². The number of rotatable bonds is 3. The average molecular weight is 372 g/mol. The van der Waals surface area contributed by atoms with Crippen molar-refractivity contribution >= 4 is 45.8 Å². The summed E-state index contributed by atoms with van der Waals surface area (Å²) in [5.74, 6) is -0.283. The fraction of sp³-hybridized carbons (Fsp3) is 0.222. The van der Waals surface area contributed by atoms with Crippen LogP contribution in [0.15, 0.2) is 36.7 Å². The van der Waals surface area contributed by atoms with Crippen LogP contribution in [0, 0.1) is 5.41 Å². The highest BCUT2D eigenvalue weighted by molar-refractivity contribution is 6.35. The Hall–Kier alpha value is -2.93. The van der Waals surface area contributed by atoms with Gasteiger partial charge in [0, 0.05) is 23.2 Å². The van der Waals surface area contributed by atoms with Crippen LogP contribution in [0.4, 0.5) is 11.5 Å². The van der Waals surface area contributed by atoms with Crippen molar-refractivity contribution in [2.75, 3.05) is 10.6 Å². The minimum absolute atomic E-state index is 0.199. The minimum Gasteiger partial charge on any atom is -0.325 e. The molecule has 0 unspecified atom stereocenters. The largest absolute Gasteiger partial charge is 0.325 e. The lowest BCUT2D eigenvalue weighted by atomic mass is 9.95. The van der Waals surface area contributed by atoms with E-state index in [0.717, 1.165) is 0 Å². The molecule has 0 saturated heterocycles. The van der Waals surface area contributed by atoms with Crippen LogP contribution in [0.25, 0.3) is 10.9 Å². The highest BCUT2D eigenvalue weighted by Gasteiger charge is 2.23. The molecule has 0 bridgehead atoms. The number of nitrogens with one attached hydrogen (secondary N) is 3. The highest BCUT2D eigenvalue weighted by Crippen LogP contribution is 2.27. The standard InChI is InChI=1S/C18H18ClN5O2/c1-18(2,3)17(26)21-13-7-8-20-9-11(13)16(25)22-15-10-5-4-6-12(19)14(10)23-24-15/h4-9H,1-3H3,(H,20,21,26)(H2,22,23,24,25). The van der Waals surface area contributed by atoms with Gasteiger partial charge < -0.3 is 10.6 Å². The molecule has 0 aliphatic carbocycles. The van der Waals surface area contributed by atoms with Crippen LogP contribution < -0.4 is 10.6 Å². The van der Waals surface area contributed by atoms with Crippen LogP contribution in [-0.2, 0) is 4.79 Å². The molecular weight excluding hydrogens is 354 g/mol. The summed E-state index contributed by atoms with van der Waals surface area (Å²) in [5, 5.41) is 13.6. The Morgan fingerprint density at radius 3 is 2.65 bits per heavy atom. The van der Waals surface area contributed by atoms with Crippen molar-refractivity contribution in [2.45, 2.75) is 20.8 Å². The number of pyridine rings is 1. The molecule has 0 atom stereocenters. The molecule has 3 rings (SSSR count). The lowest BCUT2D eigenvalue weighted by Gasteiger charge is -2.18. The molecule has 2 aromatic heterocycles. The number of carbonyl (C=O) groups excluding carboxylic acids is 2. The van der Waals surface area contributed by atoms with E-state index < -0.39 is 11.3 Å². The number of hydrogen-bond acceptors (Lipinski definition) is 4. The molecule has 8 heteroatoms. The number of amides is 2. The Morgan fingerprint density at radius 1 is 1.15 bits per heavy atom. The van der Waals surface area contributed by atoms with Crippen LogP contribution in [0.2, 0.25) is 5.02 Å². The lowest BCUT2D eigenvalue weighted by Crippen LogP contribution is -2.29. The van der Waals surface area contributed by atoms with Crippen LogP contribution in [-0.4, -0.2) is 27.0 Å². The number of aromatic nitrogens is 3. The number of anilines is 2. The van der Waals surface area contributed by atoms with Gasteiger partial charge in [-0.05, 0) is 18.2 Å². The molecule has 7 nitrogen and oxygen atoms in total. The van der Waals surface area contributed by atoms with Gasteiger partial charge in [0.25, 0.3) is 5.91 Å². The first-order chi connectivity index (χ1) is 12.3. The molecule has 3 N–H and O–H groups in total. The van der Waals surface area contributed by atoms with Crippen LogP contribution >= 0.6 is 11.6 Å². The molecule has 2 amide bonds. The minimum atomic E-state index is -0.591. The zero-order chi connectivity index (χ0) is 18.9. The van der Waals surface area contributed by atoms with E-state index in [4.69, 9.17) is 11.6 Å². The van der Waals surface area contributed by atoms with E-state index in [-0.39, 0.29) is 11.5 Å². The van der Waals surface area contributed by atoms with Gasteiger partial charge in [0.05, 0.1) is 21.8 Å². The summed E-state index contributed by atoms with van der Waals surface area (Å²) in [5.41, 5.74) is 0.669. The summed E-state index contributed by atoms with van der Waals surface area (Å²) < 4.78 is 0. The Balaban J connectivity index is 1.88. The maximum atomic E-state index is 12.7. The summed E-state index contributed by atoms with van der Waals surface area (Å²) in [7, 11) is 0. The number of hydrogen-bond donors (Lipinski definition) is 3. The highest BCUT2D eigenvalue weighted by atomic mass is 35.5. The molecule has 0 radical (unpaired) electrons. The van der Waals surface area contributed by atoms with Crippen molar-refractivity contribution in [3.63, 3.8) is 0 Å². The van der Waals surface area contributed by atoms with Gasteiger partial charge in [-0.2, -0.15) is 5.10 Å². The summed E-state index contributed by atoms with van der Waals surface area (Å²) in [6.45, 7) is 5.38. The normalized spacial score (nSPS) is 11.4. The molecule has 1 aromatic carbocycles. The van der Waals surface area contributed by atoms with Gasteiger partial charge in [-0.1, -0.05) is 38.4 Å². The topological polar surface area (TPSA) is 99.8 Å². The third-order valence-corrected chi connectivity index (χ3v) is 4.09. The van der Waals surface area contributed by atoms with Crippen LogP contribution in [0.5, 0.6) is 0 Å². The predicted octanol–water partition coefficient (Wildman–Crippen LogP) is 3.85. The van der Waals surface area contributed by atoms with E-state index in [9.17, 15) is 9.59 Å². The first-order valence-corrected chi connectivity index (χ1v) is 8.34. The van der Waals surface area contributed by atoms with Gasteiger partial charge in [-0.15, -0.1) is 0 Å². The maximum Gasteiger partial charge on any atom is 0.260 e. The van der Waals surface area contributed by atoms with Gasteiger partial charge in [0.15, 0.2) is 5.82 Å². The molecule has 0 aliphatic heterocycles. The van der Waals surface area contributed by atoms with Crippen molar-refractivity contribution in [3.8, 4) is 0 Å². The average Bonchev–Trinajstić information content (AvgIpc) is 2.99. The second kappa shape index (κ2) is 6.76. The van der Waals surface area contributed by atoms with Gasteiger partial charge in [-0.25, -0.2) is 0 Å². The van der Waals surface area contributed by atoms with E-state index in [1.807, 2.05) is 0 Å².